The van der Waals surface area contributed by atoms with Crippen molar-refractivity contribution in [3.8, 4) is 5.75 Å². The van der Waals surface area contributed by atoms with E-state index in [1.807, 2.05) is 18.2 Å². The number of ether oxygens (including phenoxy) is 1. The van der Waals surface area contributed by atoms with Crippen molar-refractivity contribution in [2.45, 2.75) is 129 Å². The molecule has 0 amide bonds. The molecule has 236 valence electrons. The molecule has 0 bridgehead atoms. The zero-order chi connectivity index (χ0) is 31.8. The Kier molecular flexibility index (Phi) is 12.7. The van der Waals surface area contributed by atoms with Gasteiger partial charge >= 0.3 is 5.97 Å². The normalized spacial score (nSPS) is 18.6. The molecule has 0 aliphatic heterocycles. The maximum atomic E-state index is 12.9. The van der Waals surface area contributed by atoms with Crippen molar-refractivity contribution in [3.63, 3.8) is 0 Å². The molecule has 1 aliphatic carbocycles. The second kappa shape index (κ2) is 14.7. The van der Waals surface area contributed by atoms with Gasteiger partial charge < -0.3 is 18.7 Å². The number of aliphatic carboxylic acids is 1. The van der Waals surface area contributed by atoms with Crippen LogP contribution in [0.15, 0.2) is 54.3 Å². The lowest BCUT2D eigenvalue weighted by molar-refractivity contribution is -0.191. The monoisotopic (exact) mass is 614 g/mol. The largest absolute Gasteiger partial charge is 0.493 e. The van der Waals surface area contributed by atoms with Gasteiger partial charge in [0.1, 0.15) is 5.75 Å². The maximum Gasteiger partial charge on any atom is 0.362 e. The molecule has 1 fully saturated rings. The lowest BCUT2D eigenvalue weighted by atomic mass is 9.92. The van der Waals surface area contributed by atoms with Crippen LogP contribution < -0.4 is 4.74 Å². The van der Waals surface area contributed by atoms with Gasteiger partial charge in [0, 0.05) is 6.42 Å². The number of rotatable bonds is 14. The summed E-state index contributed by atoms with van der Waals surface area (Å²) < 4.78 is 19.1. The van der Waals surface area contributed by atoms with E-state index in [1.165, 1.54) is 24.8 Å². The van der Waals surface area contributed by atoms with Crippen LogP contribution in [0.5, 0.6) is 5.75 Å². The Bertz CT molecular complexity index is 1070. The zero-order valence-corrected chi connectivity index (χ0v) is 30.3. The van der Waals surface area contributed by atoms with Crippen LogP contribution in [-0.4, -0.2) is 40.1 Å². The van der Waals surface area contributed by atoms with Crippen LogP contribution >= 0.6 is 0 Å². The van der Waals surface area contributed by atoms with E-state index in [4.69, 9.17) is 13.6 Å². The fourth-order valence-corrected chi connectivity index (χ4v) is 7.44. The highest BCUT2D eigenvalue weighted by molar-refractivity contribution is 6.75. The Balaban J connectivity index is 2.08. The molecule has 0 saturated heterocycles. The van der Waals surface area contributed by atoms with E-state index in [0.29, 0.717) is 18.4 Å². The van der Waals surface area contributed by atoms with Gasteiger partial charge in [-0.1, -0.05) is 77.8 Å². The molecular weight excluding hydrogens is 557 g/mol. The Labute approximate surface area is 258 Å². The van der Waals surface area contributed by atoms with Crippen LogP contribution in [0, 0.1) is 18.8 Å². The maximum absolute atomic E-state index is 12.9. The second-order valence-electron chi connectivity index (χ2n) is 15.0. The third-order valence-electron chi connectivity index (χ3n) is 9.48. The quantitative estimate of drug-likeness (QED) is 0.0743. The first-order valence-electron chi connectivity index (χ1n) is 15.7. The van der Waals surface area contributed by atoms with Crippen molar-refractivity contribution in [1.82, 2.24) is 0 Å². The molecule has 2 atom stereocenters. The van der Waals surface area contributed by atoms with Gasteiger partial charge in [0.2, 0.25) is 0 Å². The average molecular weight is 615 g/mol. The predicted octanol–water partition coefficient (Wildman–Crippen LogP) is 10.1. The first-order valence-corrected chi connectivity index (χ1v) is 21.5. The van der Waals surface area contributed by atoms with E-state index < -0.39 is 28.4 Å². The smallest absolute Gasteiger partial charge is 0.362 e. The van der Waals surface area contributed by atoms with Crippen molar-refractivity contribution >= 4 is 22.6 Å². The Morgan fingerprint density at radius 2 is 1.52 bits per heavy atom. The summed E-state index contributed by atoms with van der Waals surface area (Å²) in [5.41, 5.74) is 4.54. The molecule has 0 radical (unpaired) electrons. The summed E-state index contributed by atoms with van der Waals surface area (Å²) in [4.78, 5) is 12.9. The summed E-state index contributed by atoms with van der Waals surface area (Å²) in [5.74, 6) is -0.712. The molecule has 1 aliphatic rings. The minimum Gasteiger partial charge on any atom is -0.493 e. The fraction of sp³-hybridized carbons (Fsp3) is 0.657. The van der Waals surface area contributed by atoms with Crippen LogP contribution in [0.1, 0.15) is 85.6 Å². The van der Waals surface area contributed by atoms with Crippen molar-refractivity contribution in [3.05, 3.63) is 59.9 Å². The molecule has 0 aromatic heterocycles. The molecule has 1 saturated carbocycles. The number of carbonyl (C=O) groups is 1. The van der Waals surface area contributed by atoms with Gasteiger partial charge in [-0.15, -0.1) is 5.73 Å². The number of hydrogen-bond donors (Lipinski definition) is 1. The first kappa shape index (κ1) is 36.3. The molecule has 2 rings (SSSR count). The lowest BCUT2D eigenvalue weighted by Crippen LogP contribution is -2.60. The Morgan fingerprint density at radius 3 is 2.05 bits per heavy atom. The predicted molar refractivity (Wildman–Crippen MR) is 180 cm³/mol. The first-order chi connectivity index (χ1) is 19.3. The lowest BCUT2D eigenvalue weighted by Gasteiger charge is -2.48. The van der Waals surface area contributed by atoms with Gasteiger partial charge in [-0.3, -0.25) is 0 Å². The summed E-state index contributed by atoms with van der Waals surface area (Å²) in [6.07, 6.45) is 14.1. The number of benzene rings is 1. The van der Waals surface area contributed by atoms with E-state index in [9.17, 15) is 9.90 Å². The van der Waals surface area contributed by atoms with Crippen molar-refractivity contribution in [2.75, 3.05) is 6.61 Å². The molecule has 0 spiro atoms. The zero-order valence-electron chi connectivity index (χ0n) is 28.3. The number of carboxylic acids is 1. The van der Waals surface area contributed by atoms with Crippen molar-refractivity contribution < 1.29 is 23.5 Å². The summed E-state index contributed by atoms with van der Waals surface area (Å²) in [5, 5.41) is 10.3. The molecule has 5 nitrogen and oxygen atoms in total. The molecule has 0 unspecified atom stereocenters. The molecule has 0 heterocycles. The van der Waals surface area contributed by atoms with Gasteiger partial charge in [-0.05, 0) is 105 Å². The molecule has 42 heavy (non-hydrogen) atoms. The van der Waals surface area contributed by atoms with Crippen LogP contribution in [0.2, 0.25) is 36.3 Å². The van der Waals surface area contributed by atoms with Crippen LogP contribution in [0.4, 0.5) is 0 Å². The van der Waals surface area contributed by atoms with Crippen molar-refractivity contribution in [1.29, 1.82) is 0 Å². The summed E-state index contributed by atoms with van der Waals surface area (Å²) in [6.45, 7) is 23.8. The summed E-state index contributed by atoms with van der Waals surface area (Å²) >= 11 is 0. The average Bonchev–Trinajstić information content (AvgIpc) is 3.29. The molecular formula is C35H58O5Si2. The summed E-state index contributed by atoms with van der Waals surface area (Å²) in [7, 11) is -4.92. The Morgan fingerprint density at radius 1 is 0.952 bits per heavy atom. The van der Waals surface area contributed by atoms with Gasteiger partial charge in [-0.25, -0.2) is 4.79 Å². The minimum atomic E-state index is -2.46. The van der Waals surface area contributed by atoms with Gasteiger partial charge in [0.15, 0.2) is 16.6 Å². The van der Waals surface area contributed by atoms with Crippen LogP contribution in [-0.2, 0) is 13.6 Å². The van der Waals surface area contributed by atoms with Crippen LogP contribution in [0.25, 0.3) is 0 Å². The second-order valence-corrected chi connectivity index (χ2v) is 24.5. The number of allylic oxidation sites excluding steroid dienone is 1. The SMILES string of the molecule is Cc1ccc(OCC/C=C/[C@H]2CCC[C@@H]2CC=C=CCC(O[Si](C)(C)C(C)(C)C)(O[Si](C)(C)C(C)(C)C)C(=O)O)cc1. The van der Waals surface area contributed by atoms with E-state index in [-0.39, 0.29) is 16.5 Å². The number of aryl methyl sites for hydroxylation is 1. The van der Waals surface area contributed by atoms with Gasteiger partial charge in [0.05, 0.1) is 6.61 Å². The van der Waals surface area contributed by atoms with Crippen molar-refractivity contribution in [2.24, 2.45) is 11.8 Å². The Hall–Kier alpha value is -1.90. The highest BCUT2D eigenvalue weighted by Gasteiger charge is 2.54. The fourth-order valence-electron chi connectivity index (χ4n) is 4.67. The molecule has 1 aromatic rings. The molecule has 1 aromatic carbocycles. The van der Waals surface area contributed by atoms with E-state index in [2.05, 4.69) is 111 Å². The third kappa shape index (κ3) is 10.4. The van der Waals surface area contributed by atoms with Crippen LogP contribution in [0.3, 0.4) is 0 Å². The topological polar surface area (TPSA) is 65.0 Å². The minimum absolute atomic E-state index is 0.132. The number of carboxylic acid groups (broad SMARTS) is 1. The highest BCUT2D eigenvalue weighted by atomic mass is 28.4. The van der Waals surface area contributed by atoms with E-state index in [1.54, 1.807) is 0 Å². The molecule has 1 N–H and O–H groups in total. The standard InChI is InChI=1S/C35H58O5Si2/c1-28-22-24-31(25-23-28)38-27-16-14-19-30-21-17-20-29(30)18-13-12-15-26-35(32(36)37,39-41(8,9)33(2,3)4)40-42(10,11)34(5,6)7/h13-15,19,22-25,29-30H,16-18,20-21,26-27H2,1-11H3,(H,36,37)/b19-14+/t12?,29-,30-/m0/s1. The van der Waals surface area contributed by atoms with Gasteiger partial charge in [-0.2, -0.15) is 0 Å². The third-order valence-corrected chi connectivity index (χ3v) is 18.4. The van der Waals surface area contributed by atoms with E-state index in [0.717, 1.165) is 18.6 Å². The van der Waals surface area contributed by atoms with Gasteiger partial charge in [0.25, 0.3) is 5.79 Å². The summed E-state index contributed by atoms with van der Waals surface area (Å²) in [6, 6.07) is 8.18. The van der Waals surface area contributed by atoms with E-state index >= 15 is 0 Å². The molecule has 7 heteroatoms. The number of hydrogen-bond acceptors (Lipinski definition) is 4. The highest BCUT2D eigenvalue weighted by Crippen LogP contribution is 2.45.